The molecule has 0 saturated carbocycles. The highest BCUT2D eigenvalue weighted by Gasteiger charge is 2.22. The van der Waals surface area contributed by atoms with E-state index in [1.165, 1.54) is 18.4 Å². The minimum absolute atomic E-state index is 0.0244. The van der Waals surface area contributed by atoms with Crippen LogP contribution in [0.1, 0.15) is 11.3 Å². The molecule has 0 aliphatic heterocycles. The standard InChI is InChI=1S/C24H21N3O7S/c28-24(34-16-18-7-3-6-17-5-1-2-9-21(17)18)15-26-35(31,32)20-10-11-22(23(13-20)27(29)30)25-14-19-8-4-12-33-19/h1-13,25-26H,14-16H2. The summed E-state index contributed by atoms with van der Waals surface area (Å²) in [4.78, 5) is 22.6. The quantitative estimate of drug-likeness (QED) is 0.191. The van der Waals surface area contributed by atoms with Gasteiger partial charge in [-0.15, -0.1) is 0 Å². The summed E-state index contributed by atoms with van der Waals surface area (Å²) in [6.07, 6.45) is 1.47. The third-order valence-corrected chi connectivity index (χ3v) is 6.58. The Kier molecular flexibility index (Phi) is 7.09. The number of furan rings is 1. The van der Waals surface area contributed by atoms with E-state index in [0.29, 0.717) is 5.76 Å². The number of carbonyl (C=O) groups is 1. The second-order valence-corrected chi connectivity index (χ2v) is 9.26. The molecule has 4 aromatic rings. The predicted octanol–water partition coefficient (Wildman–Crippen LogP) is 3.97. The summed E-state index contributed by atoms with van der Waals surface area (Å²) < 4.78 is 37.8. The van der Waals surface area contributed by atoms with Crippen LogP contribution in [0, 0.1) is 10.1 Å². The average Bonchev–Trinajstić information content (AvgIpc) is 3.38. The lowest BCUT2D eigenvalue weighted by Gasteiger charge is -2.10. The van der Waals surface area contributed by atoms with E-state index in [1.54, 1.807) is 12.1 Å². The molecule has 0 aliphatic carbocycles. The molecule has 10 nitrogen and oxygen atoms in total. The van der Waals surface area contributed by atoms with Crippen LogP contribution in [0.15, 0.2) is 88.4 Å². The van der Waals surface area contributed by atoms with Crippen molar-refractivity contribution in [2.75, 3.05) is 11.9 Å². The number of carbonyl (C=O) groups excluding carboxylic acids is 1. The van der Waals surface area contributed by atoms with Crippen LogP contribution in [0.3, 0.4) is 0 Å². The van der Waals surface area contributed by atoms with E-state index in [4.69, 9.17) is 9.15 Å². The Hall–Kier alpha value is -4.22. The Bertz CT molecular complexity index is 1460. The van der Waals surface area contributed by atoms with Crippen LogP contribution in [-0.2, 0) is 32.7 Å². The summed E-state index contributed by atoms with van der Waals surface area (Å²) in [6, 6.07) is 20.0. The molecule has 0 bridgehead atoms. The van der Waals surface area contributed by atoms with Crippen LogP contribution in [-0.4, -0.2) is 25.9 Å². The van der Waals surface area contributed by atoms with E-state index in [0.717, 1.165) is 22.4 Å². The number of nitro groups is 1. The topological polar surface area (TPSA) is 141 Å². The highest BCUT2D eigenvalue weighted by atomic mass is 32.2. The van der Waals surface area contributed by atoms with Gasteiger partial charge in [0.1, 0.15) is 24.6 Å². The van der Waals surface area contributed by atoms with E-state index in [9.17, 15) is 23.3 Å². The Labute approximate surface area is 200 Å². The van der Waals surface area contributed by atoms with E-state index < -0.39 is 33.1 Å². The van der Waals surface area contributed by atoms with Crippen molar-refractivity contribution in [1.29, 1.82) is 0 Å². The molecule has 1 aromatic heterocycles. The molecule has 0 unspecified atom stereocenters. The lowest BCUT2D eigenvalue weighted by Crippen LogP contribution is -2.30. The zero-order valence-corrected chi connectivity index (χ0v) is 19.2. The first kappa shape index (κ1) is 23.9. The maximum absolute atomic E-state index is 12.6. The van der Waals surface area contributed by atoms with Gasteiger partial charge in [-0.25, -0.2) is 8.42 Å². The van der Waals surface area contributed by atoms with Gasteiger partial charge in [-0.2, -0.15) is 4.72 Å². The Morgan fingerprint density at radius 1 is 1.03 bits per heavy atom. The van der Waals surface area contributed by atoms with Gasteiger partial charge >= 0.3 is 5.97 Å². The Morgan fingerprint density at radius 2 is 1.83 bits per heavy atom. The fourth-order valence-electron chi connectivity index (χ4n) is 3.44. The van der Waals surface area contributed by atoms with E-state index in [-0.39, 0.29) is 23.7 Å². The lowest BCUT2D eigenvalue weighted by atomic mass is 10.1. The van der Waals surface area contributed by atoms with Gasteiger partial charge in [0.15, 0.2) is 0 Å². The van der Waals surface area contributed by atoms with Gasteiger partial charge in [-0.3, -0.25) is 14.9 Å². The van der Waals surface area contributed by atoms with Gasteiger partial charge in [-0.1, -0.05) is 42.5 Å². The molecule has 0 fully saturated rings. The maximum Gasteiger partial charge on any atom is 0.321 e. The number of nitrogens with one attached hydrogen (secondary N) is 2. The second-order valence-electron chi connectivity index (χ2n) is 7.49. The molecule has 1 heterocycles. The molecule has 0 amide bonds. The van der Waals surface area contributed by atoms with Crippen LogP contribution in [0.2, 0.25) is 0 Å². The van der Waals surface area contributed by atoms with Crippen molar-refractivity contribution in [3.05, 3.63) is 100 Å². The molecular weight excluding hydrogens is 474 g/mol. The van der Waals surface area contributed by atoms with Gasteiger partial charge in [0.25, 0.3) is 5.69 Å². The van der Waals surface area contributed by atoms with E-state index in [1.807, 2.05) is 42.5 Å². The molecule has 35 heavy (non-hydrogen) atoms. The van der Waals surface area contributed by atoms with Crippen molar-refractivity contribution in [1.82, 2.24) is 4.72 Å². The number of benzene rings is 3. The molecule has 180 valence electrons. The van der Waals surface area contributed by atoms with Gasteiger partial charge < -0.3 is 14.5 Å². The van der Waals surface area contributed by atoms with Crippen molar-refractivity contribution in [2.45, 2.75) is 18.0 Å². The summed E-state index contributed by atoms with van der Waals surface area (Å²) >= 11 is 0. The van der Waals surface area contributed by atoms with E-state index >= 15 is 0 Å². The second kappa shape index (κ2) is 10.4. The fourth-order valence-corrected chi connectivity index (χ4v) is 4.43. The van der Waals surface area contributed by atoms with Crippen LogP contribution >= 0.6 is 0 Å². The number of anilines is 1. The fraction of sp³-hybridized carbons (Fsp3) is 0.125. The number of hydrogen-bond acceptors (Lipinski definition) is 8. The monoisotopic (exact) mass is 495 g/mol. The number of esters is 1. The normalized spacial score (nSPS) is 11.3. The van der Waals surface area contributed by atoms with Gasteiger partial charge in [0.2, 0.25) is 10.0 Å². The average molecular weight is 496 g/mol. The third-order valence-electron chi connectivity index (χ3n) is 5.18. The molecule has 0 atom stereocenters. The molecule has 0 radical (unpaired) electrons. The van der Waals surface area contributed by atoms with Crippen molar-refractivity contribution in [3.8, 4) is 0 Å². The number of nitrogens with zero attached hydrogens (tertiary/aromatic N) is 1. The SMILES string of the molecule is O=C(CNS(=O)(=O)c1ccc(NCc2ccco2)c([N+](=O)[O-])c1)OCc1cccc2ccccc12. The first-order chi connectivity index (χ1) is 16.8. The van der Waals surface area contributed by atoms with Crippen molar-refractivity contribution in [3.63, 3.8) is 0 Å². The van der Waals surface area contributed by atoms with Crippen molar-refractivity contribution in [2.24, 2.45) is 0 Å². The highest BCUT2D eigenvalue weighted by Crippen LogP contribution is 2.28. The predicted molar refractivity (Wildman–Crippen MR) is 128 cm³/mol. The molecule has 4 rings (SSSR count). The molecule has 11 heteroatoms. The summed E-state index contributed by atoms with van der Waals surface area (Å²) in [7, 11) is -4.21. The van der Waals surface area contributed by atoms with Gasteiger partial charge in [-0.05, 0) is 40.6 Å². The molecule has 0 saturated heterocycles. The molecule has 3 aromatic carbocycles. The number of ether oxygens (including phenoxy) is 1. The smallest absolute Gasteiger partial charge is 0.321 e. The summed E-state index contributed by atoms with van der Waals surface area (Å²) in [5.41, 5.74) is 0.477. The van der Waals surface area contributed by atoms with E-state index in [2.05, 4.69) is 10.0 Å². The van der Waals surface area contributed by atoms with Crippen LogP contribution in [0.4, 0.5) is 11.4 Å². The van der Waals surface area contributed by atoms with Crippen molar-refractivity contribution < 1.29 is 27.3 Å². The molecular formula is C24H21N3O7S. The highest BCUT2D eigenvalue weighted by molar-refractivity contribution is 7.89. The largest absolute Gasteiger partial charge is 0.467 e. The lowest BCUT2D eigenvalue weighted by molar-refractivity contribution is -0.384. The summed E-state index contributed by atoms with van der Waals surface area (Å²) in [5, 5.41) is 16.3. The number of rotatable bonds is 10. The zero-order valence-electron chi connectivity index (χ0n) is 18.3. The first-order valence-corrected chi connectivity index (χ1v) is 12.0. The summed E-state index contributed by atoms with van der Waals surface area (Å²) in [5.74, 6) is -0.229. The van der Waals surface area contributed by atoms with Gasteiger partial charge in [0.05, 0.1) is 22.6 Å². The van der Waals surface area contributed by atoms with Crippen LogP contribution in [0.5, 0.6) is 0 Å². The third kappa shape index (κ3) is 5.83. The van der Waals surface area contributed by atoms with Crippen LogP contribution < -0.4 is 10.0 Å². The molecule has 2 N–H and O–H groups in total. The number of fused-ring (bicyclic) bond motifs is 1. The summed E-state index contributed by atoms with van der Waals surface area (Å²) in [6.45, 7) is -0.469. The Morgan fingerprint density at radius 3 is 2.60 bits per heavy atom. The van der Waals surface area contributed by atoms with Gasteiger partial charge in [0, 0.05) is 6.07 Å². The minimum atomic E-state index is -4.21. The maximum atomic E-state index is 12.6. The number of sulfonamides is 1. The zero-order chi connectivity index (χ0) is 24.8. The first-order valence-electron chi connectivity index (χ1n) is 10.5. The molecule has 0 aliphatic rings. The minimum Gasteiger partial charge on any atom is -0.467 e. The number of nitro benzene ring substituents is 1. The number of hydrogen-bond donors (Lipinski definition) is 2. The Balaban J connectivity index is 1.39. The van der Waals surface area contributed by atoms with Crippen molar-refractivity contribution >= 4 is 38.1 Å². The molecule has 0 spiro atoms. The van der Waals surface area contributed by atoms with Crippen LogP contribution in [0.25, 0.3) is 10.8 Å².